The summed E-state index contributed by atoms with van der Waals surface area (Å²) in [7, 11) is 0. The second kappa shape index (κ2) is 3.39. The van der Waals surface area contributed by atoms with Crippen LogP contribution in [-0.2, 0) is 0 Å². The number of hydrogen-bond donors (Lipinski definition) is 1. The fraction of sp³-hybridized carbons (Fsp3) is 0.300. The molecule has 1 saturated carbocycles. The van der Waals surface area contributed by atoms with E-state index in [-0.39, 0.29) is 18.3 Å². The van der Waals surface area contributed by atoms with E-state index in [9.17, 15) is 4.39 Å². The number of hydrogen-bond acceptors (Lipinski definition) is 1. The van der Waals surface area contributed by atoms with Crippen molar-refractivity contribution in [1.29, 1.82) is 0 Å². The molecule has 0 heterocycles. The van der Waals surface area contributed by atoms with Gasteiger partial charge in [0.1, 0.15) is 5.82 Å². The molecule has 3 heteroatoms. The standard InChI is InChI=1S/C10H9BrFO/c11-7-1-2-10(12)9(4-7)8-3-6(8)5-13/h1-2,4,6,13H,3,5H2/t6-/m0/s1. The summed E-state index contributed by atoms with van der Waals surface area (Å²) in [6.07, 6.45) is 0.823. The Morgan fingerprint density at radius 3 is 2.92 bits per heavy atom. The van der Waals surface area contributed by atoms with Crippen LogP contribution in [0.3, 0.4) is 0 Å². The Balaban J connectivity index is 2.25. The Morgan fingerprint density at radius 2 is 2.31 bits per heavy atom. The molecule has 1 atom stereocenters. The van der Waals surface area contributed by atoms with Gasteiger partial charge < -0.3 is 5.11 Å². The van der Waals surface area contributed by atoms with Crippen molar-refractivity contribution < 1.29 is 9.50 Å². The highest BCUT2D eigenvalue weighted by atomic mass is 79.9. The summed E-state index contributed by atoms with van der Waals surface area (Å²) < 4.78 is 14.1. The third-order valence-corrected chi connectivity index (χ3v) is 2.79. The van der Waals surface area contributed by atoms with E-state index in [0.717, 1.165) is 16.8 Å². The van der Waals surface area contributed by atoms with E-state index >= 15 is 0 Å². The molecule has 0 aromatic heterocycles. The first-order valence-corrected chi connectivity index (χ1v) is 4.93. The van der Waals surface area contributed by atoms with Crippen LogP contribution in [0.15, 0.2) is 22.7 Å². The third-order valence-electron chi connectivity index (χ3n) is 2.29. The van der Waals surface area contributed by atoms with Gasteiger partial charge in [-0.2, -0.15) is 0 Å². The van der Waals surface area contributed by atoms with Crippen molar-refractivity contribution in [3.8, 4) is 0 Å². The smallest absolute Gasteiger partial charge is 0.127 e. The summed E-state index contributed by atoms with van der Waals surface area (Å²) in [5, 5.41) is 8.84. The molecule has 1 nitrogen and oxygen atoms in total. The average molecular weight is 244 g/mol. The molecule has 1 N–H and O–H groups in total. The van der Waals surface area contributed by atoms with E-state index in [1.54, 1.807) is 12.1 Å². The fourth-order valence-corrected chi connectivity index (χ4v) is 1.82. The molecule has 0 aliphatic heterocycles. The summed E-state index contributed by atoms with van der Waals surface area (Å²) >= 11 is 3.29. The van der Waals surface area contributed by atoms with Gasteiger partial charge >= 0.3 is 0 Å². The highest BCUT2D eigenvalue weighted by Gasteiger charge is 2.40. The van der Waals surface area contributed by atoms with E-state index < -0.39 is 0 Å². The lowest BCUT2D eigenvalue weighted by Gasteiger charge is -2.01. The summed E-state index contributed by atoms with van der Waals surface area (Å²) in [4.78, 5) is 0. The summed E-state index contributed by atoms with van der Waals surface area (Å²) in [5.74, 6) is 1.01. The molecule has 0 spiro atoms. The van der Waals surface area contributed by atoms with Gasteiger partial charge in [0, 0.05) is 17.0 Å². The maximum absolute atomic E-state index is 13.2. The zero-order valence-corrected chi connectivity index (χ0v) is 8.51. The Hall–Kier alpha value is -0.410. The third kappa shape index (κ3) is 1.76. The van der Waals surface area contributed by atoms with Gasteiger partial charge in [0.15, 0.2) is 0 Å². The van der Waals surface area contributed by atoms with E-state index in [1.807, 2.05) is 0 Å². The molecule has 0 bridgehead atoms. The van der Waals surface area contributed by atoms with Crippen molar-refractivity contribution >= 4 is 15.9 Å². The van der Waals surface area contributed by atoms with Gasteiger partial charge in [-0.3, -0.25) is 0 Å². The van der Waals surface area contributed by atoms with Gasteiger partial charge in [-0.15, -0.1) is 0 Å². The molecule has 1 fully saturated rings. The lowest BCUT2D eigenvalue weighted by atomic mass is 10.1. The number of aliphatic hydroxyl groups excluding tert-OH is 1. The number of benzene rings is 1. The average Bonchev–Trinajstić information content (AvgIpc) is 2.88. The van der Waals surface area contributed by atoms with Crippen molar-refractivity contribution in [2.24, 2.45) is 5.92 Å². The second-order valence-electron chi connectivity index (χ2n) is 3.23. The molecule has 0 amide bonds. The quantitative estimate of drug-likeness (QED) is 0.847. The summed E-state index contributed by atoms with van der Waals surface area (Å²) in [5.41, 5.74) is 0.647. The molecule has 1 aromatic rings. The topological polar surface area (TPSA) is 20.2 Å². The van der Waals surface area contributed by atoms with E-state index in [1.165, 1.54) is 6.07 Å². The van der Waals surface area contributed by atoms with E-state index in [0.29, 0.717) is 5.56 Å². The monoisotopic (exact) mass is 243 g/mol. The minimum Gasteiger partial charge on any atom is -0.396 e. The highest BCUT2D eigenvalue weighted by molar-refractivity contribution is 9.10. The van der Waals surface area contributed by atoms with Gasteiger partial charge in [0.05, 0.1) is 0 Å². The van der Waals surface area contributed by atoms with Gasteiger partial charge in [0.25, 0.3) is 0 Å². The molecule has 0 saturated heterocycles. The summed E-state index contributed by atoms with van der Waals surface area (Å²) in [6.45, 7) is 0.126. The van der Waals surface area contributed by atoms with Gasteiger partial charge in [-0.1, -0.05) is 15.9 Å². The van der Waals surface area contributed by atoms with Gasteiger partial charge in [0.2, 0.25) is 0 Å². The maximum atomic E-state index is 13.2. The second-order valence-corrected chi connectivity index (χ2v) is 4.15. The Labute approximate surface area is 84.7 Å². The lowest BCUT2D eigenvalue weighted by molar-refractivity contribution is 0.279. The molecule has 1 radical (unpaired) electrons. The van der Waals surface area contributed by atoms with Crippen molar-refractivity contribution in [1.82, 2.24) is 0 Å². The number of halogens is 2. The maximum Gasteiger partial charge on any atom is 0.127 e. The molecule has 1 aromatic carbocycles. The molecule has 69 valence electrons. The minimum absolute atomic E-state index is 0.126. The molecular weight excluding hydrogens is 235 g/mol. The molecule has 13 heavy (non-hydrogen) atoms. The van der Waals surface area contributed by atoms with Crippen LogP contribution < -0.4 is 0 Å². The Bertz CT molecular complexity index is 327. The first-order chi connectivity index (χ1) is 6.22. The van der Waals surface area contributed by atoms with Crippen molar-refractivity contribution in [2.75, 3.05) is 6.61 Å². The van der Waals surface area contributed by atoms with E-state index in [2.05, 4.69) is 15.9 Å². The van der Waals surface area contributed by atoms with Crippen LogP contribution in [-0.4, -0.2) is 11.7 Å². The Kier molecular flexibility index (Phi) is 2.39. The minimum atomic E-state index is -0.200. The fourth-order valence-electron chi connectivity index (χ4n) is 1.45. The van der Waals surface area contributed by atoms with Crippen molar-refractivity contribution in [2.45, 2.75) is 6.42 Å². The largest absolute Gasteiger partial charge is 0.396 e. The van der Waals surface area contributed by atoms with E-state index in [4.69, 9.17) is 5.11 Å². The van der Waals surface area contributed by atoms with Gasteiger partial charge in [-0.25, -0.2) is 4.39 Å². The number of rotatable bonds is 2. The highest BCUT2D eigenvalue weighted by Crippen LogP contribution is 2.47. The van der Waals surface area contributed by atoms with Crippen molar-refractivity contribution in [3.05, 3.63) is 40.0 Å². The van der Waals surface area contributed by atoms with Crippen LogP contribution in [0.4, 0.5) is 4.39 Å². The first-order valence-electron chi connectivity index (χ1n) is 4.14. The molecular formula is C10H9BrFO. The Morgan fingerprint density at radius 1 is 1.54 bits per heavy atom. The van der Waals surface area contributed by atoms with Crippen LogP contribution >= 0.6 is 15.9 Å². The normalized spacial score (nSPS) is 21.9. The molecule has 0 unspecified atom stereocenters. The van der Waals surface area contributed by atoms with Gasteiger partial charge in [-0.05, 0) is 36.1 Å². The van der Waals surface area contributed by atoms with Crippen LogP contribution in [0, 0.1) is 17.7 Å². The SMILES string of the molecule is OC[C@@H]1C[C]1c1cc(Br)ccc1F. The predicted octanol–water partition coefficient (Wildman–Crippen LogP) is 2.52. The van der Waals surface area contributed by atoms with Crippen LogP contribution in [0.1, 0.15) is 12.0 Å². The molecule has 1 aliphatic carbocycles. The molecule has 2 rings (SSSR count). The predicted molar refractivity (Wildman–Crippen MR) is 51.6 cm³/mol. The van der Waals surface area contributed by atoms with Crippen molar-refractivity contribution in [3.63, 3.8) is 0 Å². The zero-order valence-electron chi connectivity index (χ0n) is 6.93. The van der Waals surface area contributed by atoms with Crippen LogP contribution in [0.25, 0.3) is 0 Å². The lowest BCUT2D eigenvalue weighted by Crippen LogP contribution is -1.92. The number of aliphatic hydroxyl groups is 1. The zero-order chi connectivity index (χ0) is 9.42. The first kappa shape index (κ1) is 9.16. The van der Waals surface area contributed by atoms with Crippen LogP contribution in [0.5, 0.6) is 0 Å². The van der Waals surface area contributed by atoms with Crippen LogP contribution in [0.2, 0.25) is 0 Å². The summed E-state index contributed by atoms with van der Waals surface area (Å²) in [6, 6.07) is 4.88. The molecule has 1 aliphatic rings.